The number of rotatable bonds is 5. The van der Waals surface area contributed by atoms with Crippen LogP contribution in [0.2, 0.25) is 0 Å². The summed E-state index contributed by atoms with van der Waals surface area (Å²) in [5, 5.41) is 0. The van der Waals surface area contributed by atoms with E-state index in [9.17, 15) is 4.79 Å². The summed E-state index contributed by atoms with van der Waals surface area (Å²) < 4.78 is 0. The fraction of sp³-hybridized carbons (Fsp3) is 0.462. The van der Waals surface area contributed by atoms with Crippen molar-refractivity contribution < 1.29 is 4.79 Å². The molecule has 0 fully saturated rings. The van der Waals surface area contributed by atoms with E-state index in [1.807, 2.05) is 19.4 Å². The highest BCUT2D eigenvalue weighted by molar-refractivity contribution is 7.09. The number of hydrogen-bond acceptors (Lipinski definition) is 4. The highest BCUT2D eigenvalue weighted by Crippen LogP contribution is 2.15. The van der Waals surface area contributed by atoms with Crippen LogP contribution in [0, 0.1) is 13.8 Å². The monoisotopic (exact) mass is 278 g/mol. The summed E-state index contributed by atoms with van der Waals surface area (Å²) in [6, 6.07) is 0. The van der Waals surface area contributed by atoms with Crippen LogP contribution in [-0.2, 0) is 17.8 Å². The number of carbonyl (C=O) groups excluding carboxylic acids is 1. The van der Waals surface area contributed by atoms with E-state index >= 15 is 0 Å². The number of amides is 1. The number of imidazole rings is 1. The van der Waals surface area contributed by atoms with Crippen LogP contribution in [0.1, 0.15) is 28.5 Å². The van der Waals surface area contributed by atoms with E-state index in [2.05, 4.69) is 15.0 Å². The van der Waals surface area contributed by atoms with Crippen LogP contribution in [0.5, 0.6) is 0 Å². The van der Waals surface area contributed by atoms with Crippen LogP contribution < -0.4 is 0 Å². The van der Waals surface area contributed by atoms with Crippen LogP contribution in [0.3, 0.4) is 0 Å². The third-order valence-corrected chi connectivity index (χ3v) is 3.97. The minimum atomic E-state index is 0.127. The van der Waals surface area contributed by atoms with Crippen LogP contribution in [0.4, 0.5) is 0 Å². The second kappa shape index (κ2) is 5.97. The molecule has 0 spiro atoms. The van der Waals surface area contributed by atoms with Gasteiger partial charge in [-0.3, -0.25) is 4.79 Å². The molecule has 5 nitrogen and oxygen atoms in total. The average molecular weight is 278 g/mol. The molecule has 0 aliphatic heterocycles. The van der Waals surface area contributed by atoms with Gasteiger partial charge >= 0.3 is 0 Å². The Morgan fingerprint density at radius 3 is 2.79 bits per heavy atom. The van der Waals surface area contributed by atoms with E-state index in [-0.39, 0.29) is 5.91 Å². The number of aromatic nitrogens is 3. The van der Waals surface area contributed by atoms with Crippen molar-refractivity contribution in [2.75, 3.05) is 7.05 Å². The summed E-state index contributed by atoms with van der Waals surface area (Å²) in [6.07, 6.45) is 3.05. The molecule has 1 amide bonds. The van der Waals surface area contributed by atoms with Crippen molar-refractivity contribution >= 4 is 17.2 Å². The number of aromatic amines is 1. The Labute approximate surface area is 116 Å². The molecule has 0 bridgehead atoms. The number of nitrogens with zero attached hydrogens (tertiary/aromatic N) is 3. The van der Waals surface area contributed by atoms with Crippen LogP contribution >= 0.6 is 11.3 Å². The SMILES string of the molecule is Cc1cnc(CN(C)C(=O)CCc2scnc2C)[nH]1. The summed E-state index contributed by atoms with van der Waals surface area (Å²) in [6.45, 7) is 4.45. The predicted octanol–water partition coefficient (Wildman–Crippen LogP) is 2.07. The van der Waals surface area contributed by atoms with Gasteiger partial charge in [0.25, 0.3) is 0 Å². The standard InChI is InChI=1S/C13H18N4OS/c1-9-6-14-12(16-9)7-17(3)13(18)5-4-11-10(2)15-8-19-11/h6,8H,4-5,7H2,1-3H3,(H,14,16). The zero-order chi connectivity index (χ0) is 13.8. The molecule has 0 radical (unpaired) electrons. The fourth-order valence-corrected chi connectivity index (χ4v) is 2.62. The molecule has 2 aromatic heterocycles. The molecule has 19 heavy (non-hydrogen) atoms. The van der Waals surface area contributed by atoms with Gasteiger partial charge in [-0.05, 0) is 20.3 Å². The Kier molecular flexibility index (Phi) is 4.31. The molecule has 1 N–H and O–H groups in total. The topological polar surface area (TPSA) is 61.9 Å². The molecule has 0 saturated carbocycles. The third kappa shape index (κ3) is 3.64. The maximum Gasteiger partial charge on any atom is 0.223 e. The van der Waals surface area contributed by atoms with E-state index in [0.717, 1.165) is 23.6 Å². The molecule has 0 saturated heterocycles. The second-order valence-corrected chi connectivity index (χ2v) is 5.56. The summed E-state index contributed by atoms with van der Waals surface area (Å²) in [7, 11) is 1.81. The first-order chi connectivity index (χ1) is 9.06. The molecule has 0 aromatic carbocycles. The molecule has 102 valence electrons. The van der Waals surface area contributed by atoms with Gasteiger partial charge in [0.15, 0.2) is 0 Å². The van der Waals surface area contributed by atoms with Crippen molar-refractivity contribution in [3.63, 3.8) is 0 Å². The Balaban J connectivity index is 1.84. The van der Waals surface area contributed by atoms with Crippen molar-refractivity contribution in [1.29, 1.82) is 0 Å². The quantitative estimate of drug-likeness (QED) is 0.910. The second-order valence-electron chi connectivity index (χ2n) is 4.62. The first-order valence-corrected chi connectivity index (χ1v) is 7.07. The van der Waals surface area contributed by atoms with Crippen molar-refractivity contribution in [1.82, 2.24) is 19.9 Å². The molecule has 2 rings (SSSR count). The van der Waals surface area contributed by atoms with E-state index < -0.39 is 0 Å². The van der Waals surface area contributed by atoms with Crippen molar-refractivity contribution in [3.05, 3.63) is 33.8 Å². The van der Waals surface area contributed by atoms with Crippen LogP contribution in [0.25, 0.3) is 0 Å². The minimum Gasteiger partial charge on any atom is -0.345 e. The molecule has 0 aliphatic carbocycles. The Morgan fingerprint density at radius 1 is 1.42 bits per heavy atom. The Bertz CT molecular complexity index is 560. The van der Waals surface area contributed by atoms with E-state index in [1.165, 1.54) is 4.88 Å². The fourth-order valence-electron chi connectivity index (χ4n) is 1.84. The first-order valence-electron chi connectivity index (χ1n) is 6.19. The molecule has 0 unspecified atom stereocenters. The van der Waals surface area contributed by atoms with E-state index in [1.54, 1.807) is 29.5 Å². The van der Waals surface area contributed by atoms with Gasteiger partial charge in [-0.15, -0.1) is 11.3 Å². The van der Waals surface area contributed by atoms with Gasteiger partial charge in [0.2, 0.25) is 5.91 Å². The van der Waals surface area contributed by atoms with Gasteiger partial charge in [-0.2, -0.15) is 0 Å². The lowest BCUT2D eigenvalue weighted by molar-refractivity contribution is -0.130. The zero-order valence-corrected chi connectivity index (χ0v) is 12.3. The maximum atomic E-state index is 12.0. The van der Waals surface area contributed by atoms with Crippen molar-refractivity contribution in [2.45, 2.75) is 33.2 Å². The molecule has 2 heterocycles. The molecule has 2 aromatic rings. The lowest BCUT2D eigenvalue weighted by Gasteiger charge is -2.15. The maximum absolute atomic E-state index is 12.0. The summed E-state index contributed by atoms with van der Waals surface area (Å²) in [5.74, 6) is 0.948. The van der Waals surface area contributed by atoms with E-state index in [4.69, 9.17) is 0 Å². The molecular weight excluding hydrogens is 260 g/mol. The minimum absolute atomic E-state index is 0.127. The Hall–Kier alpha value is -1.69. The molecule has 0 atom stereocenters. The summed E-state index contributed by atoms with van der Waals surface area (Å²) in [4.78, 5) is 26.4. The van der Waals surface area contributed by atoms with Gasteiger partial charge in [-0.1, -0.05) is 0 Å². The van der Waals surface area contributed by atoms with Gasteiger partial charge in [0.1, 0.15) is 5.82 Å². The number of aryl methyl sites for hydroxylation is 3. The molecule has 0 aliphatic rings. The predicted molar refractivity (Wildman–Crippen MR) is 75.0 cm³/mol. The molecule has 6 heteroatoms. The van der Waals surface area contributed by atoms with Crippen molar-refractivity contribution in [3.8, 4) is 0 Å². The highest BCUT2D eigenvalue weighted by Gasteiger charge is 2.12. The molecular formula is C13H18N4OS. The summed E-state index contributed by atoms with van der Waals surface area (Å²) >= 11 is 1.61. The summed E-state index contributed by atoms with van der Waals surface area (Å²) in [5.41, 5.74) is 3.86. The number of H-pyrrole nitrogens is 1. The van der Waals surface area contributed by atoms with Crippen LogP contribution in [-0.4, -0.2) is 32.8 Å². The largest absolute Gasteiger partial charge is 0.345 e. The normalized spacial score (nSPS) is 10.7. The lowest BCUT2D eigenvalue weighted by Crippen LogP contribution is -2.26. The zero-order valence-electron chi connectivity index (χ0n) is 11.4. The number of nitrogens with one attached hydrogen (secondary N) is 1. The van der Waals surface area contributed by atoms with E-state index in [0.29, 0.717) is 13.0 Å². The number of thiazole rings is 1. The average Bonchev–Trinajstić information content (AvgIpc) is 2.95. The Morgan fingerprint density at radius 2 is 2.21 bits per heavy atom. The van der Waals surface area contributed by atoms with Gasteiger partial charge in [-0.25, -0.2) is 9.97 Å². The number of hydrogen-bond donors (Lipinski definition) is 1. The highest BCUT2D eigenvalue weighted by atomic mass is 32.1. The van der Waals surface area contributed by atoms with Crippen molar-refractivity contribution in [2.24, 2.45) is 0 Å². The van der Waals surface area contributed by atoms with Crippen LogP contribution in [0.15, 0.2) is 11.7 Å². The lowest BCUT2D eigenvalue weighted by atomic mass is 10.2. The first kappa shape index (κ1) is 13.7. The van der Waals surface area contributed by atoms with Gasteiger partial charge in [0, 0.05) is 30.2 Å². The van der Waals surface area contributed by atoms with Gasteiger partial charge < -0.3 is 9.88 Å². The number of carbonyl (C=O) groups is 1. The van der Waals surface area contributed by atoms with Gasteiger partial charge in [0.05, 0.1) is 17.7 Å². The third-order valence-electron chi connectivity index (χ3n) is 2.98. The smallest absolute Gasteiger partial charge is 0.223 e.